The maximum Gasteiger partial charge on any atom is 0.226 e. The summed E-state index contributed by atoms with van der Waals surface area (Å²) in [6, 6.07) is 7.43. The first-order valence-electron chi connectivity index (χ1n) is 6.71. The summed E-state index contributed by atoms with van der Waals surface area (Å²) in [4.78, 5) is 27.1. The standard InChI is InChI=1S/C15H17N3O2S2/c1-10(19)16-12-5-3-11(4-6-12)13-9-22-15(17-13)18-14(20)7-8-21-2/h3-6,9H,7-8H2,1-2H3,(H,16,19)(H,17,18,20). The number of anilines is 2. The molecule has 0 saturated carbocycles. The highest BCUT2D eigenvalue weighted by Crippen LogP contribution is 2.26. The quantitative estimate of drug-likeness (QED) is 0.848. The van der Waals surface area contributed by atoms with E-state index in [0.717, 1.165) is 22.7 Å². The molecule has 2 amide bonds. The SMILES string of the molecule is CSCCC(=O)Nc1nc(-c2ccc(NC(C)=O)cc2)cs1. The molecule has 0 atom stereocenters. The first kappa shape index (κ1) is 16.5. The Hall–Kier alpha value is -1.86. The van der Waals surface area contributed by atoms with Crippen molar-refractivity contribution in [3.8, 4) is 11.3 Å². The van der Waals surface area contributed by atoms with Crippen LogP contribution in [0.15, 0.2) is 29.6 Å². The summed E-state index contributed by atoms with van der Waals surface area (Å²) in [6.45, 7) is 1.47. The summed E-state index contributed by atoms with van der Waals surface area (Å²) in [5.74, 6) is 0.683. The van der Waals surface area contributed by atoms with Crippen LogP contribution in [0.3, 0.4) is 0 Å². The van der Waals surface area contributed by atoms with E-state index >= 15 is 0 Å². The Kier molecular flexibility index (Phi) is 5.97. The van der Waals surface area contributed by atoms with Gasteiger partial charge < -0.3 is 10.6 Å². The topological polar surface area (TPSA) is 71.1 Å². The van der Waals surface area contributed by atoms with Gasteiger partial charge in [0.15, 0.2) is 5.13 Å². The number of nitrogens with one attached hydrogen (secondary N) is 2. The third-order valence-corrected chi connectivity index (χ3v) is 4.15. The lowest BCUT2D eigenvalue weighted by atomic mass is 10.1. The molecule has 0 unspecified atom stereocenters. The van der Waals surface area contributed by atoms with Gasteiger partial charge in [0.1, 0.15) is 0 Å². The molecular formula is C15H17N3O2S2. The smallest absolute Gasteiger partial charge is 0.226 e. The van der Waals surface area contributed by atoms with E-state index in [1.54, 1.807) is 11.8 Å². The van der Waals surface area contributed by atoms with Gasteiger partial charge in [0.2, 0.25) is 11.8 Å². The number of benzene rings is 1. The zero-order chi connectivity index (χ0) is 15.9. The number of amides is 2. The van der Waals surface area contributed by atoms with E-state index < -0.39 is 0 Å². The van der Waals surface area contributed by atoms with E-state index in [4.69, 9.17) is 0 Å². The molecule has 5 nitrogen and oxygen atoms in total. The van der Waals surface area contributed by atoms with Crippen LogP contribution < -0.4 is 10.6 Å². The summed E-state index contributed by atoms with van der Waals surface area (Å²) in [5.41, 5.74) is 2.49. The molecule has 2 N–H and O–H groups in total. The second-order valence-corrected chi connectivity index (χ2v) is 6.43. The van der Waals surface area contributed by atoms with Crippen molar-refractivity contribution in [1.29, 1.82) is 0 Å². The molecule has 0 aliphatic carbocycles. The van der Waals surface area contributed by atoms with Gasteiger partial charge >= 0.3 is 0 Å². The first-order chi connectivity index (χ1) is 10.6. The second-order valence-electron chi connectivity index (χ2n) is 4.59. The second kappa shape index (κ2) is 7.95. The number of hydrogen-bond acceptors (Lipinski definition) is 5. The fraction of sp³-hybridized carbons (Fsp3) is 0.267. The third-order valence-electron chi connectivity index (χ3n) is 2.78. The van der Waals surface area contributed by atoms with Crippen LogP contribution in [-0.2, 0) is 9.59 Å². The van der Waals surface area contributed by atoms with E-state index in [9.17, 15) is 9.59 Å². The van der Waals surface area contributed by atoms with Crippen LogP contribution in [0, 0.1) is 0 Å². The lowest BCUT2D eigenvalue weighted by molar-refractivity contribution is -0.116. The summed E-state index contributed by atoms with van der Waals surface area (Å²) < 4.78 is 0. The molecule has 0 saturated heterocycles. The Bertz CT molecular complexity index is 653. The van der Waals surface area contributed by atoms with Gasteiger partial charge in [-0.3, -0.25) is 9.59 Å². The summed E-state index contributed by atoms with van der Waals surface area (Å²) in [5, 5.41) is 8.03. The van der Waals surface area contributed by atoms with Crippen LogP contribution >= 0.6 is 23.1 Å². The van der Waals surface area contributed by atoms with Gasteiger partial charge in [0.25, 0.3) is 0 Å². The Balaban J connectivity index is 2.01. The zero-order valence-corrected chi connectivity index (χ0v) is 14.0. The highest BCUT2D eigenvalue weighted by atomic mass is 32.2. The van der Waals surface area contributed by atoms with Crippen molar-refractivity contribution in [3.63, 3.8) is 0 Å². The van der Waals surface area contributed by atoms with Crippen molar-refractivity contribution in [2.24, 2.45) is 0 Å². The van der Waals surface area contributed by atoms with E-state index in [0.29, 0.717) is 11.6 Å². The Morgan fingerprint density at radius 3 is 2.59 bits per heavy atom. The number of thiazole rings is 1. The molecule has 0 radical (unpaired) electrons. The maximum atomic E-state index is 11.7. The van der Waals surface area contributed by atoms with Gasteiger partial charge in [0, 0.05) is 35.7 Å². The summed E-state index contributed by atoms with van der Waals surface area (Å²) in [6.07, 6.45) is 2.46. The Morgan fingerprint density at radius 1 is 1.23 bits per heavy atom. The number of nitrogens with zero attached hydrogens (tertiary/aromatic N) is 1. The average molecular weight is 335 g/mol. The van der Waals surface area contributed by atoms with Gasteiger partial charge in [0.05, 0.1) is 5.69 Å². The maximum absolute atomic E-state index is 11.7. The summed E-state index contributed by atoms with van der Waals surface area (Å²) in [7, 11) is 0. The monoisotopic (exact) mass is 335 g/mol. The van der Waals surface area contributed by atoms with Crippen LogP contribution in [0.5, 0.6) is 0 Å². The van der Waals surface area contributed by atoms with E-state index in [2.05, 4.69) is 15.6 Å². The van der Waals surface area contributed by atoms with Crippen molar-refractivity contribution in [3.05, 3.63) is 29.6 Å². The van der Waals surface area contributed by atoms with Crippen LogP contribution in [0.25, 0.3) is 11.3 Å². The zero-order valence-electron chi connectivity index (χ0n) is 12.4. The number of rotatable bonds is 6. The van der Waals surface area contributed by atoms with Gasteiger partial charge in [-0.1, -0.05) is 12.1 Å². The van der Waals surface area contributed by atoms with Crippen molar-refractivity contribution in [2.45, 2.75) is 13.3 Å². The Morgan fingerprint density at radius 2 is 1.95 bits per heavy atom. The van der Waals surface area contributed by atoms with Crippen LogP contribution in [0.4, 0.5) is 10.8 Å². The molecule has 0 bridgehead atoms. The van der Waals surface area contributed by atoms with Crippen molar-refractivity contribution in [2.75, 3.05) is 22.6 Å². The molecule has 2 aromatic rings. The van der Waals surface area contributed by atoms with Crippen molar-refractivity contribution < 1.29 is 9.59 Å². The van der Waals surface area contributed by atoms with Gasteiger partial charge in [-0.05, 0) is 18.4 Å². The molecule has 2 rings (SSSR count). The van der Waals surface area contributed by atoms with Crippen molar-refractivity contribution in [1.82, 2.24) is 4.98 Å². The lowest BCUT2D eigenvalue weighted by Gasteiger charge is -2.03. The normalized spacial score (nSPS) is 10.3. The Labute approximate surface area is 137 Å². The molecule has 7 heteroatoms. The first-order valence-corrected chi connectivity index (χ1v) is 8.98. The largest absolute Gasteiger partial charge is 0.326 e. The molecule has 1 heterocycles. The van der Waals surface area contributed by atoms with Gasteiger partial charge in [-0.25, -0.2) is 4.98 Å². The van der Waals surface area contributed by atoms with Crippen LogP contribution in [-0.4, -0.2) is 28.8 Å². The molecule has 0 fully saturated rings. The van der Waals surface area contributed by atoms with E-state index in [1.165, 1.54) is 18.3 Å². The van der Waals surface area contributed by atoms with E-state index in [-0.39, 0.29) is 11.8 Å². The number of hydrogen-bond donors (Lipinski definition) is 2. The number of aromatic nitrogens is 1. The molecular weight excluding hydrogens is 318 g/mol. The molecule has 0 aliphatic heterocycles. The highest BCUT2D eigenvalue weighted by Gasteiger charge is 2.08. The predicted molar refractivity (Wildman–Crippen MR) is 93.5 cm³/mol. The fourth-order valence-electron chi connectivity index (χ4n) is 1.77. The minimum absolute atomic E-state index is 0.0174. The van der Waals surface area contributed by atoms with Gasteiger partial charge in [-0.2, -0.15) is 11.8 Å². The lowest BCUT2D eigenvalue weighted by Crippen LogP contribution is -2.11. The molecule has 116 valence electrons. The number of carbonyl (C=O) groups is 2. The van der Waals surface area contributed by atoms with E-state index in [1.807, 2.05) is 35.9 Å². The molecule has 1 aromatic carbocycles. The number of thioether (sulfide) groups is 1. The minimum atomic E-state index is -0.100. The minimum Gasteiger partial charge on any atom is -0.326 e. The summed E-state index contributed by atoms with van der Waals surface area (Å²) >= 11 is 3.04. The van der Waals surface area contributed by atoms with Crippen LogP contribution in [0.1, 0.15) is 13.3 Å². The molecule has 22 heavy (non-hydrogen) atoms. The molecule has 1 aromatic heterocycles. The van der Waals surface area contributed by atoms with Gasteiger partial charge in [-0.15, -0.1) is 11.3 Å². The molecule has 0 spiro atoms. The highest BCUT2D eigenvalue weighted by molar-refractivity contribution is 7.98. The molecule has 0 aliphatic rings. The predicted octanol–water partition coefficient (Wildman–Crippen LogP) is 3.46. The third kappa shape index (κ3) is 4.85. The number of carbonyl (C=O) groups excluding carboxylic acids is 2. The average Bonchev–Trinajstić information content (AvgIpc) is 2.93. The van der Waals surface area contributed by atoms with Crippen molar-refractivity contribution >= 4 is 45.7 Å². The van der Waals surface area contributed by atoms with Crippen LogP contribution in [0.2, 0.25) is 0 Å². The fourth-order valence-corrected chi connectivity index (χ4v) is 2.89.